The predicted molar refractivity (Wildman–Crippen MR) is 62.9 cm³/mol. The summed E-state index contributed by atoms with van der Waals surface area (Å²) in [4.78, 5) is 9.96. The molecule has 0 radical (unpaired) electrons. The number of non-ortho nitro benzene ring substituents is 1. The molecule has 6 heteroatoms. The Bertz CT molecular complexity index is 384. The van der Waals surface area contributed by atoms with Gasteiger partial charge in [-0.2, -0.15) is 0 Å². The summed E-state index contributed by atoms with van der Waals surface area (Å²) < 4.78 is 0. The highest BCUT2D eigenvalue weighted by atomic mass is 35.5. The van der Waals surface area contributed by atoms with Gasteiger partial charge in [0, 0.05) is 18.7 Å². The average molecular weight is 245 g/mol. The van der Waals surface area contributed by atoms with Crippen molar-refractivity contribution < 1.29 is 10.0 Å². The van der Waals surface area contributed by atoms with Crippen LogP contribution in [-0.4, -0.2) is 22.7 Å². The third-order valence-corrected chi connectivity index (χ3v) is 2.48. The lowest BCUT2D eigenvalue weighted by atomic mass is 10.2. The fraction of sp³-hybridized carbons (Fsp3) is 0.400. The summed E-state index contributed by atoms with van der Waals surface area (Å²) in [5.74, 6) is 0. The Hall–Kier alpha value is -1.33. The van der Waals surface area contributed by atoms with E-state index in [0.717, 1.165) is 0 Å². The largest absolute Gasteiger partial charge is 0.391 e. The number of halogens is 1. The van der Waals surface area contributed by atoms with Crippen LogP contribution >= 0.6 is 11.6 Å². The number of hydrogen-bond acceptors (Lipinski definition) is 4. The van der Waals surface area contributed by atoms with Gasteiger partial charge in [0.2, 0.25) is 0 Å². The molecule has 5 nitrogen and oxygen atoms in total. The van der Waals surface area contributed by atoms with E-state index in [1.165, 1.54) is 18.2 Å². The van der Waals surface area contributed by atoms with E-state index >= 15 is 0 Å². The number of nitrogens with zero attached hydrogens (tertiary/aromatic N) is 1. The number of aliphatic hydroxyl groups excluding tert-OH is 1. The molecule has 1 aromatic carbocycles. The van der Waals surface area contributed by atoms with Gasteiger partial charge in [-0.3, -0.25) is 10.1 Å². The summed E-state index contributed by atoms with van der Waals surface area (Å²) >= 11 is 5.85. The molecule has 0 spiro atoms. The lowest BCUT2D eigenvalue weighted by molar-refractivity contribution is -0.384. The Kier molecular flexibility index (Phi) is 4.52. The van der Waals surface area contributed by atoms with Crippen LogP contribution in [0, 0.1) is 10.1 Å². The maximum Gasteiger partial charge on any atom is 0.271 e. The zero-order valence-electron chi connectivity index (χ0n) is 8.81. The second-order valence-corrected chi connectivity index (χ2v) is 3.77. The summed E-state index contributed by atoms with van der Waals surface area (Å²) in [6, 6.07) is 4.18. The van der Waals surface area contributed by atoms with Crippen LogP contribution in [0.3, 0.4) is 0 Å². The molecule has 2 N–H and O–H groups in total. The van der Waals surface area contributed by atoms with E-state index < -0.39 is 11.0 Å². The molecule has 1 atom stereocenters. The third-order valence-electron chi connectivity index (χ3n) is 2.16. The molecule has 1 rings (SSSR count). The number of nitrogens with one attached hydrogen (secondary N) is 1. The number of anilines is 1. The number of nitro groups is 1. The fourth-order valence-corrected chi connectivity index (χ4v) is 1.37. The summed E-state index contributed by atoms with van der Waals surface area (Å²) in [5, 5.41) is 23.0. The maximum absolute atomic E-state index is 10.5. The van der Waals surface area contributed by atoms with Crippen molar-refractivity contribution in [3.05, 3.63) is 33.3 Å². The molecule has 1 aromatic rings. The Balaban J connectivity index is 2.72. The molecular formula is C10H13ClN2O3. The quantitative estimate of drug-likeness (QED) is 0.616. The van der Waals surface area contributed by atoms with Gasteiger partial charge < -0.3 is 10.4 Å². The third kappa shape index (κ3) is 3.36. The van der Waals surface area contributed by atoms with Crippen molar-refractivity contribution in [1.82, 2.24) is 0 Å². The molecule has 0 aromatic heterocycles. The van der Waals surface area contributed by atoms with E-state index in [1.807, 2.05) is 6.92 Å². The molecular weight excluding hydrogens is 232 g/mol. The van der Waals surface area contributed by atoms with Gasteiger partial charge in [0.15, 0.2) is 0 Å². The standard InChI is InChI=1S/C10H13ClN2O3/c1-2-8(14)6-12-10-4-3-7(13(15)16)5-9(10)11/h3-5,8,12,14H,2,6H2,1H3. The van der Waals surface area contributed by atoms with Crippen molar-refractivity contribution in [2.75, 3.05) is 11.9 Å². The van der Waals surface area contributed by atoms with Crippen molar-refractivity contribution >= 4 is 23.0 Å². The summed E-state index contributed by atoms with van der Waals surface area (Å²) in [7, 11) is 0. The van der Waals surface area contributed by atoms with Crippen LogP contribution in [0.25, 0.3) is 0 Å². The van der Waals surface area contributed by atoms with Crippen LogP contribution in [0.5, 0.6) is 0 Å². The van der Waals surface area contributed by atoms with E-state index in [1.54, 1.807) is 0 Å². The second-order valence-electron chi connectivity index (χ2n) is 3.36. The van der Waals surface area contributed by atoms with E-state index in [0.29, 0.717) is 18.7 Å². The number of aliphatic hydroxyl groups is 1. The van der Waals surface area contributed by atoms with E-state index in [-0.39, 0.29) is 10.7 Å². The maximum atomic E-state index is 10.5. The normalized spacial score (nSPS) is 12.2. The zero-order chi connectivity index (χ0) is 12.1. The summed E-state index contributed by atoms with van der Waals surface area (Å²) in [6.45, 7) is 2.23. The minimum absolute atomic E-state index is 0.0495. The van der Waals surface area contributed by atoms with E-state index in [9.17, 15) is 15.2 Å². The van der Waals surface area contributed by atoms with Crippen molar-refractivity contribution in [2.24, 2.45) is 0 Å². The number of rotatable bonds is 5. The highest BCUT2D eigenvalue weighted by Crippen LogP contribution is 2.26. The summed E-state index contributed by atoms with van der Waals surface area (Å²) in [5.41, 5.74) is 0.534. The average Bonchev–Trinajstić information content (AvgIpc) is 2.26. The van der Waals surface area contributed by atoms with Crippen LogP contribution < -0.4 is 5.32 Å². The first-order valence-corrected chi connectivity index (χ1v) is 5.28. The molecule has 0 saturated carbocycles. The molecule has 16 heavy (non-hydrogen) atoms. The van der Waals surface area contributed by atoms with E-state index in [4.69, 9.17) is 11.6 Å². The van der Waals surface area contributed by atoms with Crippen LogP contribution in [0.2, 0.25) is 5.02 Å². The van der Waals surface area contributed by atoms with E-state index in [2.05, 4.69) is 5.32 Å². The minimum atomic E-state index is -0.503. The molecule has 0 aliphatic heterocycles. The van der Waals surface area contributed by atoms with Gasteiger partial charge in [-0.15, -0.1) is 0 Å². The van der Waals surface area contributed by atoms with Gasteiger partial charge in [-0.05, 0) is 12.5 Å². The van der Waals surface area contributed by atoms with Crippen LogP contribution in [-0.2, 0) is 0 Å². The summed E-state index contributed by atoms with van der Waals surface area (Å²) in [6.07, 6.45) is 0.184. The number of hydrogen-bond donors (Lipinski definition) is 2. The van der Waals surface area contributed by atoms with Gasteiger partial charge in [-0.25, -0.2) is 0 Å². The first kappa shape index (κ1) is 12.7. The lowest BCUT2D eigenvalue weighted by Crippen LogP contribution is -2.18. The second kappa shape index (κ2) is 5.67. The highest BCUT2D eigenvalue weighted by molar-refractivity contribution is 6.33. The molecule has 0 bridgehead atoms. The molecule has 0 saturated heterocycles. The highest BCUT2D eigenvalue weighted by Gasteiger charge is 2.09. The Morgan fingerprint density at radius 2 is 2.31 bits per heavy atom. The fourth-order valence-electron chi connectivity index (χ4n) is 1.13. The molecule has 0 amide bonds. The number of benzene rings is 1. The van der Waals surface area contributed by atoms with Gasteiger partial charge in [0.05, 0.1) is 21.7 Å². The zero-order valence-corrected chi connectivity index (χ0v) is 9.57. The topological polar surface area (TPSA) is 75.4 Å². The Labute approximate surface area is 98.2 Å². The molecule has 88 valence electrons. The Morgan fingerprint density at radius 3 is 2.81 bits per heavy atom. The van der Waals surface area contributed by atoms with Gasteiger partial charge in [0.1, 0.15) is 0 Å². The molecule has 0 aliphatic rings. The van der Waals surface area contributed by atoms with Crippen molar-refractivity contribution in [2.45, 2.75) is 19.4 Å². The molecule has 0 heterocycles. The first-order valence-electron chi connectivity index (χ1n) is 4.90. The smallest absolute Gasteiger partial charge is 0.271 e. The van der Waals surface area contributed by atoms with Crippen molar-refractivity contribution in [3.8, 4) is 0 Å². The van der Waals surface area contributed by atoms with Crippen LogP contribution in [0.1, 0.15) is 13.3 Å². The van der Waals surface area contributed by atoms with Gasteiger partial charge in [0.25, 0.3) is 5.69 Å². The van der Waals surface area contributed by atoms with Crippen LogP contribution in [0.4, 0.5) is 11.4 Å². The first-order chi connectivity index (χ1) is 7.54. The molecule has 0 aliphatic carbocycles. The molecule has 0 fully saturated rings. The van der Waals surface area contributed by atoms with Gasteiger partial charge >= 0.3 is 0 Å². The molecule has 1 unspecified atom stereocenters. The monoisotopic (exact) mass is 244 g/mol. The van der Waals surface area contributed by atoms with Crippen molar-refractivity contribution in [1.29, 1.82) is 0 Å². The Morgan fingerprint density at radius 1 is 1.62 bits per heavy atom. The SMILES string of the molecule is CCC(O)CNc1ccc([N+](=O)[O-])cc1Cl. The van der Waals surface area contributed by atoms with Crippen molar-refractivity contribution in [3.63, 3.8) is 0 Å². The number of nitro benzene ring substituents is 1. The minimum Gasteiger partial charge on any atom is -0.391 e. The van der Waals surface area contributed by atoms with Crippen LogP contribution in [0.15, 0.2) is 18.2 Å². The predicted octanol–water partition coefficient (Wildman–Crippen LogP) is 2.43. The van der Waals surface area contributed by atoms with Gasteiger partial charge in [-0.1, -0.05) is 18.5 Å². The lowest BCUT2D eigenvalue weighted by Gasteiger charge is -2.11.